The van der Waals surface area contributed by atoms with E-state index in [-0.39, 0.29) is 0 Å². The van der Waals surface area contributed by atoms with Crippen LogP contribution in [0.25, 0.3) is 0 Å². The van der Waals surface area contributed by atoms with Gasteiger partial charge in [-0.15, -0.1) is 0 Å². The third kappa shape index (κ3) is 3.82. The van der Waals surface area contributed by atoms with Gasteiger partial charge in [0.05, 0.1) is 6.20 Å². The van der Waals surface area contributed by atoms with Gasteiger partial charge in [0.15, 0.2) is 6.10 Å². The summed E-state index contributed by atoms with van der Waals surface area (Å²) in [6, 6.07) is 0. The van der Waals surface area contributed by atoms with Crippen molar-refractivity contribution in [2.24, 2.45) is 7.05 Å². The van der Waals surface area contributed by atoms with E-state index in [4.69, 9.17) is 5.11 Å². The van der Waals surface area contributed by atoms with Gasteiger partial charge in [-0.05, 0) is 7.05 Å². The Labute approximate surface area is 91.3 Å². The molecule has 0 amide bonds. The van der Waals surface area contributed by atoms with Gasteiger partial charge in [-0.3, -0.25) is 9.58 Å². The molecule has 16 heavy (non-hydrogen) atoms. The molecular formula is C9H14F3N3O. The van der Waals surface area contributed by atoms with Crippen LogP contribution in [0.2, 0.25) is 0 Å². The second-order valence-corrected chi connectivity index (χ2v) is 3.78. The van der Waals surface area contributed by atoms with E-state index in [1.54, 1.807) is 24.1 Å². The number of rotatable bonds is 4. The van der Waals surface area contributed by atoms with Gasteiger partial charge in [-0.2, -0.15) is 18.3 Å². The molecule has 0 aliphatic rings. The zero-order chi connectivity index (χ0) is 12.3. The minimum atomic E-state index is -4.57. The minimum absolute atomic E-state index is 0.320. The van der Waals surface area contributed by atoms with Crippen molar-refractivity contribution in [3.8, 4) is 0 Å². The van der Waals surface area contributed by atoms with Crippen LogP contribution >= 0.6 is 0 Å². The summed E-state index contributed by atoms with van der Waals surface area (Å²) in [4.78, 5) is 1.40. The topological polar surface area (TPSA) is 41.3 Å². The lowest BCUT2D eigenvalue weighted by molar-refractivity contribution is -0.207. The van der Waals surface area contributed by atoms with Crippen molar-refractivity contribution in [2.45, 2.75) is 18.8 Å². The summed E-state index contributed by atoms with van der Waals surface area (Å²) in [6.07, 6.45) is -3.58. The maximum atomic E-state index is 12.1. The predicted octanol–water partition coefficient (Wildman–Crippen LogP) is 0.775. The lowest BCUT2D eigenvalue weighted by Gasteiger charge is -2.21. The van der Waals surface area contributed by atoms with Crippen molar-refractivity contribution in [3.05, 3.63) is 18.0 Å². The summed E-state index contributed by atoms with van der Waals surface area (Å²) in [5, 5.41) is 12.8. The van der Waals surface area contributed by atoms with Crippen molar-refractivity contribution in [3.63, 3.8) is 0 Å². The molecule has 0 saturated heterocycles. The van der Waals surface area contributed by atoms with E-state index in [2.05, 4.69) is 5.10 Å². The van der Waals surface area contributed by atoms with Gasteiger partial charge in [0, 0.05) is 31.9 Å². The largest absolute Gasteiger partial charge is 0.415 e. The number of aliphatic hydroxyl groups is 1. The zero-order valence-corrected chi connectivity index (χ0v) is 9.07. The maximum absolute atomic E-state index is 12.1. The summed E-state index contributed by atoms with van der Waals surface area (Å²) in [5.74, 6) is 0. The standard InChI is InChI=1S/C9H14F3N3O/c1-14(6-8(16)9(10,11)12)4-7-3-13-15(2)5-7/h3,5,8,16H,4,6H2,1-2H3. The molecule has 0 bridgehead atoms. The zero-order valence-electron chi connectivity index (χ0n) is 9.07. The van der Waals surface area contributed by atoms with Crippen LogP contribution in [0.1, 0.15) is 5.56 Å². The van der Waals surface area contributed by atoms with Crippen LogP contribution in [0.15, 0.2) is 12.4 Å². The van der Waals surface area contributed by atoms with E-state index in [0.29, 0.717) is 6.54 Å². The average Bonchev–Trinajstić information content (AvgIpc) is 2.49. The summed E-state index contributed by atoms with van der Waals surface area (Å²) in [6.45, 7) is -0.126. The van der Waals surface area contributed by atoms with E-state index in [0.717, 1.165) is 5.56 Å². The first kappa shape index (κ1) is 13.0. The molecule has 0 radical (unpaired) electrons. The molecule has 1 unspecified atom stereocenters. The number of aryl methyl sites for hydroxylation is 1. The molecule has 1 N–H and O–H groups in total. The molecule has 7 heteroatoms. The third-order valence-electron chi connectivity index (χ3n) is 2.07. The maximum Gasteiger partial charge on any atom is 0.415 e. The Hall–Kier alpha value is -1.08. The molecule has 1 aromatic heterocycles. The number of aromatic nitrogens is 2. The summed E-state index contributed by atoms with van der Waals surface area (Å²) >= 11 is 0. The highest BCUT2D eigenvalue weighted by Crippen LogP contribution is 2.20. The number of halogens is 3. The Bertz CT molecular complexity index is 337. The number of hydrogen-bond acceptors (Lipinski definition) is 3. The molecule has 92 valence electrons. The number of aliphatic hydroxyl groups excluding tert-OH is 1. The van der Waals surface area contributed by atoms with Gasteiger partial charge in [0.2, 0.25) is 0 Å². The van der Waals surface area contributed by atoms with Crippen LogP contribution in [0.3, 0.4) is 0 Å². The molecule has 0 aromatic carbocycles. The van der Waals surface area contributed by atoms with Crippen molar-refractivity contribution >= 4 is 0 Å². The van der Waals surface area contributed by atoms with Crippen molar-refractivity contribution < 1.29 is 18.3 Å². The summed E-state index contributed by atoms with van der Waals surface area (Å²) in [5.41, 5.74) is 0.805. The van der Waals surface area contributed by atoms with Crippen LogP contribution in [0.4, 0.5) is 13.2 Å². The second kappa shape index (κ2) is 4.84. The van der Waals surface area contributed by atoms with E-state index in [1.807, 2.05) is 0 Å². The number of alkyl halides is 3. The first-order valence-corrected chi connectivity index (χ1v) is 4.70. The van der Waals surface area contributed by atoms with Gasteiger partial charge in [-0.1, -0.05) is 0 Å². The van der Waals surface area contributed by atoms with E-state index in [1.165, 1.54) is 11.9 Å². The molecule has 0 aliphatic carbocycles. The van der Waals surface area contributed by atoms with Gasteiger partial charge in [-0.25, -0.2) is 0 Å². The molecule has 0 aliphatic heterocycles. The Morgan fingerprint density at radius 2 is 2.19 bits per heavy atom. The average molecular weight is 237 g/mol. The van der Waals surface area contributed by atoms with E-state index in [9.17, 15) is 13.2 Å². The van der Waals surface area contributed by atoms with Crippen molar-refractivity contribution in [1.82, 2.24) is 14.7 Å². The monoisotopic (exact) mass is 237 g/mol. The van der Waals surface area contributed by atoms with Crippen molar-refractivity contribution in [1.29, 1.82) is 0 Å². The molecule has 0 spiro atoms. The SMILES string of the molecule is CN(Cc1cnn(C)c1)CC(O)C(F)(F)F. The minimum Gasteiger partial charge on any atom is -0.382 e. The fourth-order valence-corrected chi connectivity index (χ4v) is 1.33. The summed E-state index contributed by atoms with van der Waals surface area (Å²) in [7, 11) is 3.25. The Kier molecular flexibility index (Phi) is 3.93. The Balaban J connectivity index is 2.45. The molecule has 0 saturated carbocycles. The molecule has 1 aromatic rings. The van der Waals surface area contributed by atoms with Crippen LogP contribution in [0.5, 0.6) is 0 Å². The van der Waals surface area contributed by atoms with Crippen LogP contribution in [-0.4, -0.2) is 45.7 Å². The fraction of sp³-hybridized carbons (Fsp3) is 0.667. The number of likely N-dealkylation sites (N-methyl/N-ethyl adjacent to an activating group) is 1. The van der Waals surface area contributed by atoms with Crippen LogP contribution in [-0.2, 0) is 13.6 Å². The van der Waals surface area contributed by atoms with Gasteiger partial charge in [0.25, 0.3) is 0 Å². The quantitative estimate of drug-likeness (QED) is 0.841. The van der Waals surface area contributed by atoms with Gasteiger partial charge >= 0.3 is 6.18 Å². The Morgan fingerprint density at radius 1 is 1.56 bits per heavy atom. The normalized spacial score (nSPS) is 14.4. The molecule has 1 atom stereocenters. The highest BCUT2D eigenvalue weighted by molar-refractivity contribution is 5.03. The fourth-order valence-electron chi connectivity index (χ4n) is 1.33. The predicted molar refractivity (Wildman–Crippen MR) is 51.6 cm³/mol. The van der Waals surface area contributed by atoms with Crippen LogP contribution in [0, 0.1) is 0 Å². The smallest absolute Gasteiger partial charge is 0.382 e. The van der Waals surface area contributed by atoms with Gasteiger partial charge < -0.3 is 5.11 Å². The molecule has 0 fully saturated rings. The highest BCUT2D eigenvalue weighted by Gasteiger charge is 2.38. The van der Waals surface area contributed by atoms with Crippen molar-refractivity contribution in [2.75, 3.05) is 13.6 Å². The molecule has 1 rings (SSSR count). The second-order valence-electron chi connectivity index (χ2n) is 3.78. The lowest BCUT2D eigenvalue weighted by atomic mass is 10.3. The number of hydrogen-bond donors (Lipinski definition) is 1. The molecular weight excluding hydrogens is 223 g/mol. The lowest BCUT2D eigenvalue weighted by Crippen LogP contribution is -2.39. The Morgan fingerprint density at radius 3 is 2.62 bits per heavy atom. The van der Waals surface area contributed by atoms with Gasteiger partial charge in [0.1, 0.15) is 0 Å². The first-order chi connectivity index (χ1) is 7.29. The number of nitrogens with zero attached hydrogens (tertiary/aromatic N) is 3. The summed E-state index contributed by atoms with van der Waals surface area (Å²) < 4.78 is 37.8. The van der Waals surface area contributed by atoms with E-state index < -0.39 is 18.8 Å². The molecule has 1 heterocycles. The van der Waals surface area contributed by atoms with Crippen LogP contribution < -0.4 is 0 Å². The van der Waals surface area contributed by atoms with E-state index >= 15 is 0 Å². The molecule has 4 nitrogen and oxygen atoms in total. The first-order valence-electron chi connectivity index (χ1n) is 4.70. The third-order valence-corrected chi connectivity index (χ3v) is 2.07. The highest BCUT2D eigenvalue weighted by atomic mass is 19.4.